The van der Waals surface area contributed by atoms with Gasteiger partial charge in [-0.2, -0.15) is 13.8 Å². The van der Waals surface area contributed by atoms with Crippen molar-refractivity contribution in [3.63, 3.8) is 0 Å². The molecule has 0 saturated carbocycles. The van der Waals surface area contributed by atoms with E-state index in [1.165, 1.54) is 0 Å². The molecule has 1 aliphatic heterocycles. The first-order chi connectivity index (χ1) is 13.3. The number of hydrogen-bond acceptors (Lipinski definition) is 8. The third-order valence-corrected chi connectivity index (χ3v) is 4.63. The summed E-state index contributed by atoms with van der Waals surface area (Å²) in [5.74, 6) is -1.05. The summed E-state index contributed by atoms with van der Waals surface area (Å²) in [5.41, 5.74) is 0.386. The molecule has 4 rings (SSSR count). The fourth-order valence-corrected chi connectivity index (χ4v) is 2.95. The van der Waals surface area contributed by atoms with Crippen LogP contribution in [0.25, 0.3) is 11.4 Å². The average Bonchev–Trinajstić information content (AvgIpc) is 3.13. The Hall–Kier alpha value is -2.85. The summed E-state index contributed by atoms with van der Waals surface area (Å²) in [4.78, 5) is 29.1. The molecule has 1 fully saturated rings. The van der Waals surface area contributed by atoms with Crippen LogP contribution >= 0.6 is 11.6 Å². The van der Waals surface area contributed by atoms with E-state index < -0.39 is 22.1 Å². The molecular formula is C17H13ClF2N4O4. The average molecular weight is 411 g/mol. The molecule has 0 aliphatic carbocycles. The third-order valence-electron chi connectivity index (χ3n) is 4.46. The number of rotatable bonds is 6. The van der Waals surface area contributed by atoms with E-state index in [9.17, 15) is 18.4 Å². The molecule has 2 aromatic carbocycles. The van der Waals surface area contributed by atoms with E-state index in [2.05, 4.69) is 20.0 Å². The van der Waals surface area contributed by atoms with E-state index in [0.717, 1.165) is 0 Å². The molecule has 3 aromatic rings. The van der Waals surface area contributed by atoms with Gasteiger partial charge in [-0.3, -0.25) is 9.59 Å². The lowest BCUT2D eigenvalue weighted by Gasteiger charge is -2.40. The normalized spacial score (nSPS) is 15.1. The molecule has 2 heterocycles. The molecule has 1 aromatic heterocycles. The van der Waals surface area contributed by atoms with Gasteiger partial charge in [0.1, 0.15) is 11.4 Å². The van der Waals surface area contributed by atoms with Crippen LogP contribution in [0.15, 0.2) is 38.4 Å². The van der Waals surface area contributed by atoms with E-state index in [-0.39, 0.29) is 17.6 Å². The van der Waals surface area contributed by atoms with Gasteiger partial charge < -0.3 is 19.5 Å². The van der Waals surface area contributed by atoms with Crippen LogP contribution in [0.3, 0.4) is 0 Å². The van der Waals surface area contributed by atoms with E-state index in [1.807, 2.05) is 0 Å². The Labute approximate surface area is 161 Å². The first kappa shape index (κ1) is 18.5. The molecule has 1 aliphatic rings. The molecule has 8 nitrogen and oxygen atoms in total. The van der Waals surface area contributed by atoms with Crippen molar-refractivity contribution >= 4 is 28.7 Å². The Morgan fingerprint density at radius 1 is 1.25 bits per heavy atom. The summed E-state index contributed by atoms with van der Waals surface area (Å²) >= 11 is 4.85. The van der Waals surface area contributed by atoms with Crippen LogP contribution in [-0.2, 0) is 10.1 Å². The van der Waals surface area contributed by atoms with E-state index >= 15 is 0 Å². The lowest BCUT2D eigenvalue weighted by Crippen LogP contribution is -2.56. The molecule has 1 saturated heterocycles. The molecule has 0 atom stereocenters. The number of halogens is 3. The molecule has 0 radical (unpaired) electrons. The minimum absolute atomic E-state index is 0.0387. The van der Waals surface area contributed by atoms with E-state index in [4.69, 9.17) is 16.3 Å². The lowest BCUT2D eigenvalue weighted by atomic mass is 10.1. The smallest absolute Gasteiger partial charge is 0.378 e. The summed E-state index contributed by atoms with van der Waals surface area (Å²) in [6.45, 7) is 1.08. The Balaban J connectivity index is 1.50. The Morgan fingerprint density at radius 2 is 1.93 bits per heavy atom. The van der Waals surface area contributed by atoms with Gasteiger partial charge in [0.25, 0.3) is 10.9 Å². The second-order valence-corrected chi connectivity index (χ2v) is 6.74. The molecular weight excluding hydrogens is 398 g/mol. The van der Waals surface area contributed by atoms with Gasteiger partial charge in [0.05, 0.1) is 6.10 Å². The van der Waals surface area contributed by atoms with Crippen LogP contribution in [-0.4, -0.2) is 36.4 Å². The van der Waals surface area contributed by atoms with Gasteiger partial charge >= 0.3 is 11.3 Å². The lowest BCUT2D eigenvalue weighted by molar-refractivity contribution is 0.0551. The minimum Gasteiger partial charge on any atom is -0.378 e. The van der Waals surface area contributed by atoms with Gasteiger partial charge in [0.2, 0.25) is 5.82 Å². The fourth-order valence-electron chi connectivity index (χ4n) is 2.87. The quantitative estimate of drug-likeness (QED) is 0.488. The van der Waals surface area contributed by atoms with Crippen molar-refractivity contribution in [1.29, 1.82) is 0 Å². The van der Waals surface area contributed by atoms with Gasteiger partial charge in [-0.25, -0.2) is 0 Å². The standard InChI is InChI=1S/C17H13ClF2N4O4/c1-27-10-6-24(7-10)12-11(13(25)14(12)26)21-9-4-2-8(3-5-9)15-22-16(28-23-15)17(18,19)20/h2-5,10,21H,6-7H2,1H3. The van der Waals surface area contributed by atoms with Crippen LogP contribution in [0.4, 0.5) is 25.8 Å². The number of anilines is 3. The minimum atomic E-state index is -3.74. The highest BCUT2D eigenvalue weighted by molar-refractivity contribution is 6.21. The summed E-state index contributed by atoms with van der Waals surface area (Å²) in [5, 5.41) is 2.64. The summed E-state index contributed by atoms with van der Waals surface area (Å²) in [6.07, 6.45) is 0.0387. The van der Waals surface area contributed by atoms with Gasteiger partial charge in [-0.15, -0.1) is 0 Å². The SMILES string of the molecule is COC1CN(c2c(Nc3ccc(-c4noc(C(F)(F)Cl)n4)cc3)c(=O)c2=O)C1. The topological polar surface area (TPSA) is 97.6 Å². The van der Waals surface area contributed by atoms with Crippen molar-refractivity contribution in [3.05, 3.63) is 50.6 Å². The van der Waals surface area contributed by atoms with Crippen LogP contribution in [0, 0.1) is 0 Å². The number of nitrogens with one attached hydrogen (secondary N) is 1. The molecule has 1 N–H and O–H groups in total. The van der Waals surface area contributed by atoms with Crippen molar-refractivity contribution in [1.82, 2.24) is 10.1 Å². The zero-order chi connectivity index (χ0) is 20.1. The summed E-state index contributed by atoms with van der Waals surface area (Å²) in [7, 11) is 1.59. The number of hydrogen-bond donors (Lipinski definition) is 1. The first-order valence-electron chi connectivity index (χ1n) is 8.17. The molecule has 0 amide bonds. The largest absolute Gasteiger partial charge is 0.400 e. The number of ether oxygens (including phenoxy) is 1. The monoisotopic (exact) mass is 410 g/mol. The Bertz CT molecular complexity index is 1080. The molecule has 11 heteroatoms. The van der Waals surface area contributed by atoms with Crippen LogP contribution < -0.4 is 21.1 Å². The molecule has 0 bridgehead atoms. The van der Waals surface area contributed by atoms with Crippen molar-refractivity contribution in [3.8, 4) is 11.4 Å². The predicted molar refractivity (Wildman–Crippen MR) is 97.1 cm³/mol. The van der Waals surface area contributed by atoms with Crippen LogP contribution in [0.2, 0.25) is 0 Å². The van der Waals surface area contributed by atoms with Crippen molar-refractivity contribution < 1.29 is 18.0 Å². The van der Waals surface area contributed by atoms with E-state index in [1.54, 1.807) is 36.3 Å². The Kier molecular flexibility index (Phi) is 4.39. The zero-order valence-corrected chi connectivity index (χ0v) is 15.2. The van der Waals surface area contributed by atoms with Crippen molar-refractivity contribution in [2.75, 3.05) is 30.4 Å². The molecule has 146 valence electrons. The van der Waals surface area contributed by atoms with Gasteiger partial charge in [0, 0.05) is 31.5 Å². The first-order valence-corrected chi connectivity index (χ1v) is 8.55. The second-order valence-electron chi connectivity index (χ2n) is 6.27. The maximum Gasteiger partial charge on any atom is 0.400 e. The van der Waals surface area contributed by atoms with Crippen molar-refractivity contribution in [2.45, 2.75) is 11.5 Å². The summed E-state index contributed by atoms with van der Waals surface area (Å²) < 4.78 is 35.6. The maximum absolute atomic E-state index is 13.0. The fraction of sp³-hybridized carbons (Fsp3) is 0.294. The van der Waals surface area contributed by atoms with E-state index in [0.29, 0.717) is 30.0 Å². The number of methoxy groups -OCH3 is 1. The Morgan fingerprint density at radius 3 is 2.50 bits per heavy atom. The highest BCUT2D eigenvalue weighted by atomic mass is 35.5. The maximum atomic E-state index is 13.0. The summed E-state index contributed by atoms with van der Waals surface area (Å²) in [6, 6.07) is 6.30. The molecule has 0 unspecified atom stereocenters. The second kappa shape index (κ2) is 6.64. The van der Waals surface area contributed by atoms with Gasteiger partial charge in [-0.05, 0) is 35.9 Å². The van der Waals surface area contributed by atoms with Crippen LogP contribution in [0.1, 0.15) is 5.89 Å². The number of nitrogens with zero attached hydrogens (tertiary/aromatic N) is 3. The highest BCUT2D eigenvalue weighted by Gasteiger charge is 2.36. The molecule has 28 heavy (non-hydrogen) atoms. The number of aromatic nitrogens is 2. The molecule has 0 spiro atoms. The van der Waals surface area contributed by atoms with Gasteiger partial charge in [0.15, 0.2) is 0 Å². The predicted octanol–water partition coefficient (Wildman–Crippen LogP) is 2.20. The third kappa shape index (κ3) is 3.14. The van der Waals surface area contributed by atoms with Crippen LogP contribution in [0.5, 0.6) is 0 Å². The number of benzene rings is 1. The van der Waals surface area contributed by atoms with Crippen molar-refractivity contribution in [2.24, 2.45) is 0 Å². The van der Waals surface area contributed by atoms with Gasteiger partial charge in [-0.1, -0.05) is 5.16 Å². The number of alkyl halides is 3. The zero-order valence-electron chi connectivity index (χ0n) is 14.4. The highest BCUT2D eigenvalue weighted by Crippen LogP contribution is 2.33.